The average Bonchev–Trinajstić information content (AvgIpc) is 2.93. The first-order valence-corrected chi connectivity index (χ1v) is 7.09. The molecule has 0 saturated heterocycles. The van der Waals surface area contributed by atoms with Gasteiger partial charge in [0.25, 0.3) is 0 Å². The topological polar surface area (TPSA) is 30.3 Å². The molecule has 0 fully saturated rings. The number of hydrogen-bond acceptors (Lipinski definition) is 3. The highest BCUT2D eigenvalue weighted by Gasteiger charge is 2.31. The number of fused-ring (bicyclic) bond motifs is 1. The van der Waals surface area contributed by atoms with Crippen LogP contribution in [0, 0.1) is 0 Å². The van der Waals surface area contributed by atoms with E-state index in [0.29, 0.717) is 12.1 Å². The van der Waals surface area contributed by atoms with Crippen molar-refractivity contribution in [2.75, 3.05) is 7.11 Å². The van der Waals surface area contributed by atoms with Crippen molar-refractivity contribution < 1.29 is 4.74 Å². The number of rotatable bonds is 3. The van der Waals surface area contributed by atoms with Crippen molar-refractivity contribution in [3.05, 3.63) is 48.0 Å². The molecule has 0 N–H and O–H groups in total. The lowest BCUT2D eigenvalue weighted by molar-refractivity contribution is 0.0984. The number of nitrogens with zero attached hydrogens (tertiary/aromatic N) is 3. The van der Waals surface area contributed by atoms with Crippen LogP contribution in [0.1, 0.15) is 31.3 Å². The zero-order valence-corrected chi connectivity index (χ0v) is 12.3. The highest BCUT2D eigenvalue weighted by Crippen LogP contribution is 2.35. The maximum Gasteiger partial charge on any atom is 0.123 e. The molecule has 0 radical (unpaired) electrons. The van der Waals surface area contributed by atoms with Gasteiger partial charge in [0, 0.05) is 30.5 Å². The highest BCUT2D eigenvalue weighted by molar-refractivity contribution is 5.36. The van der Waals surface area contributed by atoms with Gasteiger partial charge in [-0.1, -0.05) is 18.2 Å². The predicted molar refractivity (Wildman–Crippen MR) is 78.6 cm³/mol. The van der Waals surface area contributed by atoms with Crippen LogP contribution in [0.2, 0.25) is 0 Å². The van der Waals surface area contributed by atoms with Gasteiger partial charge in [-0.25, -0.2) is 4.98 Å². The molecular weight excluding hydrogens is 250 g/mol. The fourth-order valence-electron chi connectivity index (χ4n) is 2.98. The van der Waals surface area contributed by atoms with Crippen LogP contribution in [0.15, 0.2) is 36.7 Å². The van der Waals surface area contributed by atoms with Gasteiger partial charge in [-0.05, 0) is 19.9 Å². The molecule has 1 aromatic heterocycles. The van der Waals surface area contributed by atoms with E-state index in [2.05, 4.69) is 46.6 Å². The van der Waals surface area contributed by atoms with Crippen molar-refractivity contribution in [1.29, 1.82) is 0 Å². The summed E-state index contributed by atoms with van der Waals surface area (Å²) in [6.07, 6.45) is 3.95. The Morgan fingerprint density at radius 2 is 2.10 bits per heavy atom. The molecule has 1 aromatic carbocycles. The number of para-hydroxylation sites is 1. The highest BCUT2D eigenvalue weighted by atomic mass is 16.5. The first-order valence-electron chi connectivity index (χ1n) is 7.09. The maximum atomic E-state index is 5.54. The van der Waals surface area contributed by atoms with Crippen molar-refractivity contribution in [2.45, 2.75) is 39.0 Å². The molecule has 1 aliphatic rings. The van der Waals surface area contributed by atoms with Crippen LogP contribution in [0.3, 0.4) is 0 Å². The van der Waals surface area contributed by atoms with E-state index in [1.165, 1.54) is 5.56 Å². The summed E-state index contributed by atoms with van der Waals surface area (Å²) in [4.78, 5) is 6.94. The van der Waals surface area contributed by atoms with E-state index in [1.807, 2.05) is 18.3 Å². The molecule has 0 saturated carbocycles. The summed E-state index contributed by atoms with van der Waals surface area (Å²) in [5.74, 6) is 2.11. The normalized spacial score (nSPS) is 19.1. The summed E-state index contributed by atoms with van der Waals surface area (Å²) >= 11 is 0. The average molecular weight is 271 g/mol. The Morgan fingerprint density at radius 3 is 2.85 bits per heavy atom. The van der Waals surface area contributed by atoms with Gasteiger partial charge in [0.15, 0.2) is 0 Å². The Kier molecular flexibility index (Phi) is 3.49. The Labute approximate surface area is 120 Å². The van der Waals surface area contributed by atoms with Gasteiger partial charge in [-0.15, -0.1) is 0 Å². The van der Waals surface area contributed by atoms with Crippen LogP contribution in [0.4, 0.5) is 0 Å². The quantitative estimate of drug-likeness (QED) is 0.860. The third kappa shape index (κ3) is 2.20. The second-order valence-electron chi connectivity index (χ2n) is 5.52. The molecule has 2 aromatic rings. The lowest BCUT2D eigenvalue weighted by Crippen LogP contribution is -2.41. The second kappa shape index (κ2) is 5.29. The van der Waals surface area contributed by atoms with Gasteiger partial charge in [-0.2, -0.15) is 0 Å². The van der Waals surface area contributed by atoms with E-state index >= 15 is 0 Å². The third-order valence-corrected chi connectivity index (χ3v) is 4.06. The van der Waals surface area contributed by atoms with Gasteiger partial charge >= 0.3 is 0 Å². The van der Waals surface area contributed by atoms with E-state index in [9.17, 15) is 0 Å². The lowest BCUT2D eigenvalue weighted by atomic mass is 10.0. The van der Waals surface area contributed by atoms with Crippen molar-refractivity contribution >= 4 is 0 Å². The molecule has 0 amide bonds. The minimum absolute atomic E-state index is 0.327. The van der Waals surface area contributed by atoms with Crippen LogP contribution in [0.25, 0.3) is 0 Å². The molecule has 3 rings (SSSR count). The molecule has 4 nitrogen and oxygen atoms in total. The van der Waals surface area contributed by atoms with Crippen molar-refractivity contribution in [1.82, 2.24) is 14.5 Å². The predicted octanol–water partition coefficient (Wildman–Crippen LogP) is 2.86. The lowest BCUT2D eigenvalue weighted by Gasteiger charge is -2.39. The fourth-order valence-corrected chi connectivity index (χ4v) is 2.98. The molecule has 1 unspecified atom stereocenters. The smallest absolute Gasteiger partial charge is 0.123 e. The first-order chi connectivity index (χ1) is 9.70. The minimum atomic E-state index is 0.327. The number of imidazole rings is 1. The van der Waals surface area contributed by atoms with Crippen LogP contribution in [-0.2, 0) is 13.1 Å². The number of hydrogen-bond donors (Lipinski definition) is 0. The van der Waals surface area contributed by atoms with Gasteiger partial charge < -0.3 is 9.30 Å². The van der Waals surface area contributed by atoms with E-state index in [4.69, 9.17) is 4.74 Å². The minimum Gasteiger partial charge on any atom is -0.496 e. The molecule has 106 valence electrons. The second-order valence-corrected chi connectivity index (χ2v) is 5.52. The van der Waals surface area contributed by atoms with E-state index < -0.39 is 0 Å². The standard InChI is InChI=1S/C16H21N3O/c1-12(2)19-11-16-17-8-9-18(16)10-14(19)13-6-4-5-7-15(13)20-3/h4-9,12,14H,10-11H2,1-3H3. The Hall–Kier alpha value is -1.81. The van der Waals surface area contributed by atoms with Crippen molar-refractivity contribution in [3.63, 3.8) is 0 Å². The van der Waals surface area contributed by atoms with Crippen LogP contribution in [-0.4, -0.2) is 27.6 Å². The molecule has 20 heavy (non-hydrogen) atoms. The summed E-state index contributed by atoms with van der Waals surface area (Å²) in [6, 6.07) is 9.11. The summed E-state index contributed by atoms with van der Waals surface area (Å²) in [5, 5.41) is 0. The number of benzene rings is 1. The van der Waals surface area contributed by atoms with E-state index in [-0.39, 0.29) is 0 Å². The molecule has 0 bridgehead atoms. The van der Waals surface area contributed by atoms with Crippen LogP contribution in [0.5, 0.6) is 5.75 Å². The molecule has 0 spiro atoms. The fraction of sp³-hybridized carbons (Fsp3) is 0.438. The molecule has 0 aliphatic carbocycles. The Balaban J connectivity index is 2.02. The number of aromatic nitrogens is 2. The van der Waals surface area contributed by atoms with Gasteiger partial charge in [-0.3, -0.25) is 4.90 Å². The molecular formula is C16H21N3O. The summed E-state index contributed by atoms with van der Waals surface area (Å²) in [5.41, 5.74) is 1.25. The van der Waals surface area contributed by atoms with Crippen molar-refractivity contribution in [3.8, 4) is 5.75 Å². The van der Waals surface area contributed by atoms with Crippen LogP contribution >= 0.6 is 0 Å². The summed E-state index contributed by atoms with van der Waals surface area (Å²) < 4.78 is 7.79. The summed E-state index contributed by atoms with van der Waals surface area (Å²) in [6.45, 7) is 6.28. The molecule has 2 heterocycles. The maximum absolute atomic E-state index is 5.54. The zero-order valence-electron chi connectivity index (χ0n) is 12.3. The Bertz CT molecular complexity index is 591. The summed E-state index contributed by atoms with van der Waals surface area (Å²) in [7, 11) is 1.74. The molecule has 1 aliphatic heterocycles. The SMILES string of the molecule is COc1ccccc1C1Cn2ccnc2CN1C(C)C. The number of methoxy groups -OCH3 is 1. The monoisotopic (exact) mass is 271 g/mol. The molecule has 4 heteroatoms. The van der Waals surface area contributed by atoms with E-state index in [0.717, 1.165) is 24.7 Å². The first kappa shape index (κ1) is 13.2. The number of ether oxygens (including phenoxy) is 1. The van der Waals surface area contributed by atoms with Gasteiger partial charge in [0.1, 0.15) is 11.6 Å². The van der Waals surface area contributed by atoms with Crippen LogP contribution < -0.4 is 4.74 Å². The zero-order chi connectivity index (χ0) is 14.1. The van der Waals surface area contributed by atoms with Crippen molar-refractivity contribution in [2.24, 2.45) is 0 Å². The third-order valence-electron chi connectivity index (χ3n) is 4.06. The van der Waals surface area contributed by atoms with Gasteiger partial charge in [0.2, 0.25) is 0 Å². The van der Waals surface area contributed by atoms with Gasteiger partial charge in [0.05, 0.1) is 19.7 Å². The van der Waals surface area contributed by atoms with E-state index in [1.54, 1.807) is 7.11 Å². The Morgan fingerprint density at radius 1 is 1.30 bits per heavy atom. The molecule has 1 atom stereocenters. The largest absolute Gasteiger partial charge is 0.496 e.